The summed E-state index contributed by atoms with van der Waals surface area (Å²) < 4.78 is 10.9. The van der Waals surface area contributed by atoms with E-state index in [1.54, 1.807) is 14.2 Å². The fourth-order valence-electron chi connectivity index (χ4n) is 5.15. The molecule has 1 aliphatic heterocycles. The number of nitrogens with zero attached hydrogens (tertiary/aromatic N) is 2. The van der Waals surface area contributed by atoms with E-state index in [0.717, 1.165) is 36.1 Å². The molecule has 3 aliphatic rings. The molecule has 0 spiro atoms. The van der Waals surface area contributed by atoms with Crippen LogP contribution in [0.4, 0.5) is 0 Å². The molecule has 3 fully saturated rings. The molecule has 0 radical (unpaired) electrons. The topological polar surface area (TPSA) is 68.0 Å². The van der Waals surface area contributed by atoms with Crippen molar-refractivity contribution in [3.05, 3.63) is 23.8 Å². The molecule has 1 aromatic carbocycles. The summed E-state index contributed by atoms with van der Waals surface area (Å²) in [6.07, 6.45) is 9.99. The highest BCUT2D eigenvalue weighted by atomic mass is 16.5. The lowest BCUT2D eigenvalue weighted by atomic mass is 9.78. The largest absolute Gasteiger partial charge is 0.497 e. The van der Waals surface area contributed by atoms with Crippen LogP contribution in [0.1, 0.15) is 56.9 Å². The summed E-state index contributed by atoms with van der Waals surface area (Å²) in [4.78, 5) is 17.9. The van der Waals surface area contributed by atoms with Crippen LogP contribution in [0.15, 0.2) is 18.2 Å². The average Bonchev–Trinajstić information content (AvgIpc) is 3.65. The van der Waals surface area contributed by atoms with E-state index >= 15 is 0 Å². The van der Waals surface area contributed by atoms with E-state index in [0.29, 0.717) is 24.5 Å². The number of amides is 1. The molecule has 168 valence electrons. The predicted molar refractivity (Wildman–Crippen MR) is 120 cm³/mol. The number of ether oxygens (including phenoxy) is 2. The number of rotatable bonds is 7. The predicted octanol–water partition coefficient (Wildman–Crippen LogP) is 3.42. The first-order valence-corrected chi connectivity index (χ1v) is 11.5. The third-order valence-corrected chi connectivity index (χ3v) is 6.83. The summed E-state index contributed by atoms with van der Waals surface area (Å²) in [5.74, 6) is 2.70. The Labute approximate surface area is 181 Å². The fourth-order valence-corrected chi connectivity index (χ4v) is 5.15. The maximum absolute atomic E-state index is 13.3. The van der Waals surface area contributed by atoms with Crippen LogP contribution in [0, 0.1) is 5.92 Å². The Balaban J connectivity index is 0.00000124. The van der Waals surface area contributed by atoms with Crippen molar-refractivity contribution in [1.29, 1.82) is 0 Å². The van der Waals surface area contributed by atoms with Crippen LogP contribution in [0.25, 0.3) is 0 Å². The van der Waals surface area contributed by atoms with Gasteiger partial charge in [0.15, 0.2) is 0 Å². The Morgan fingerprint density at radius 1 is 1.07 bits per heavy atom. The lowest BCUT2D eigenvalue weighted by Gasteiger charge is -2.44. The number of piperidine rings is 1. The van der Waals surface area contributed by atoms with E-state index in [9.17, 15) is 4.79 Å². The zero-order chi connectivity index (χ0) is 21.5. The Bertz CT molecular complexity index is 690. The number of carbonyl (C=O) groups is 1. The van der Waals surface area contributed by atoms with Crippen LogP contribution in [0.3, 0.4) is 0 Å². The highest BCUT2D eigenvalue weighted by Gasteiger charge is 2.38. The maximum Gasteiger partial charge on any atom is 0.237 e. The minimum absolute atomic E-state index is 0.330. The summed E-state index contributed by atoms with van der Waals surface area (Å²) in [7, 11) is 4.86. The van der Waals surface area contributed by atoms with Crippen LogP contribution < -0.4 is 15.2 Å². The van der Waals surface area contributed by atoms with E-state index in [1.807, 2.05) is 12.1 Å². The van der Waals surface area contributed by atoms with Crippen molar-refractivity contribution in [2.45, 2.75) is 70.0 Å². The van der Waals surface area contributed by atoms with Gasteiger partial charge in [0.2, 0.25) is 5.91 Å². The zero-order valence-corrected chi connectivity index (χ0v) is 18.9. The first-order chi connectivity index (χ1) is 14.7. The first kappa shape index (κ1) is 22.9. The normalized spacial score (nSPS) is 23.3. The molecule has 2 N–H and O–H groups in total. The van der Waals surface area contributed by atoms with Crippen molar-refractivity contribution in [2.75, 3.05) is 34.4 Å². The third kappa shape index (κ3) is 5.46. The van der Waals surface area contributed by atoms with Crippen LogP contribution in [-0.2, 0) is 11.3 Å². The number of carbonyl (C=O) groups excluding carboxylic acids is 1. The summed E-state index contributed by atoms with van der Waals surface area (Å²) in [6.45, 7) is 2.24. The van der Waals surface area contributed by atoms with Gasteiger partial charge in [0.25, 0.3) is 0 Å². The van der Waals surface area contributed by atoms with Crippen LogP contribution in [0.2, 0.25) is 0 Å². The van der Waals surface area contributed by atoms with Gasteiger partial charge in [-0.05, 0) is 57.6 Å². The Hall–Kier alpha value is -1.79. The van der Waals surface area contributed by atoms with Gasteiger partial charge in [-0.15, -0.1) is 0 Å². The molecule has 2 saturated carbocycles. The minimum atomic E-state index is 0.330. The quantitative estimate of drug-likeness (QED) is 0.736. The number of benzene rings is 1. The summed E-state index contributed by atoms with van der Waals surface area (Å²) in [5.41, 5.74) is 5.62. The standard InChI is InChI=1S/C23H34N2O3.CH5N/c1-27-20-12-9-18(22(14-20)28-2)15-24(19-10-11-19)16-23(26)25-13-5-7-17-6-3-4-8-21(17)25;1-2/h9,12,14,17,19,21H,3-8,10-11,13,15-16H2,1-2H3;2H2,1H3. The van der Waals surface area contributed by atoms with E-state index in [1.165, 1.54) is 58.4 Å². The average molecular weight is 418 g/mol. The molecule has 6 heteroatoms. The van der Waals surface area contributed by atoms with Crippen molar-refractivity contribution >= 4 is 5.91 Å². The molecule has 4 rings (SSSR count). The Kier molecular flexibility index (Phi) is 8.40. The van der Waals surface area contributed by atoms with E-state index in [4.69, 9.17) is 9.47 Å². The number of nitrogens with two attached hydrogens (primary N) is 1. The molecular formula is C24H39N3O3. The molecule has 1 aromatic rings. The lowest BCUT2D eigenvalue weighted by Crippen LogP contribution is -2.52. The number of fused-ring (bicyclic) bond motifs is 1. The Morgan fingerprint density at radius 2 is 1.80 bits per heavy atom. The SMILES string of the molecule is CN.COc1ccc(CN(CC(=O)N2CCCC3CCCCC32)C2CC2)c(OC)c1. The van der Waals surface area contributed by atoms with Gasteiger partial charge in [0, 0.05) is 36.8 Å². The van der Waals surface area contributed by atoms with Gasteiger partial charge in [-0.1, -0.05) is 18.9 Å². The lowest BCUT2D eigenvalue weighted by molar-refractivity contribution is -0.139. The second-order valence-corrected chi connectivity index (χ2v) is 8.66. The van der Waals surface area contributed by atoms with Gasteiger partial charge in [-0.25, -0.2) is 0 Å². The number of hydrogen-bond donors (Lipinski definition) is 1. The molecule has 1 heterocycles. The summed E-state index contributed by atoms with van der Waals surface area (Å²) in [6, 6.07) is 6.99. The zero-order valence-electron chi connectivity index (χ0n) is 18.9. The first-order valence-electron chi connectivity index (χ1n) is 11.5. The van der Waals surface area contributed by atoms with Gasteiger partial charge in [0.05, 0.1) is 20.8 Å². The van der Waals surface area contributed by atoms with E-state index in [-0.39, 0.29) is 0 Å². The van der Waals surface area contributed by atoms with Gasteiger partial charge in [-0.3, -0.25) is 9.69 Å². The van der Waals surface area contributed by atoms with E-state index < -0.39 is 0 Å². The molecule has 1 amide bonds. The third-order valence-electron chi connectivity index (χ3n) is 6.83. The van der Waals surface area contributed by atoms with Crippen LogP contribution in [0.5, 0.6) is 11.5 Å². The minimum Gasteiger partial charge on any atom is -0.497 e. The number of methoxy groups -OCH3 is 2. The van der Waals surface area contributed by atoms with Gasteiger partial charge < -0.3 is 20.1 Å². The molecule has 6 nitrogen and oxygen atoms in total. The molecule has 2 unspecified atom stereocenters. The van der Waals surface area contributed by atoms with Crippen LogP contribution >= 0.6 is 0 Å². The van der Waals surface area contributed by atoms with E-state index in [2.05, 4.69) is 21.6 Å². The van der Waals surface area contributed by atoms with Gasteiger partial charge in [-0.2, -0.15) is 0 Å². The molecular weight excluding hydrogens is 378 g/mol. The Morgan fingerprint density at radius 3 is 2.50 bits per heavy atom. The van der Waals surface area contributed by atoms with Crippen molar-refractivity contribution in [1.82, 2.24) is 9.80 Å². The number of hydrogen-bond acceptors (Lipinski definition) is 5. The monoisotopic (exact) mass is 417 g/mol. The molecule has 0 bridgehead atoms. The van der Waals surface area contributed by atoms with Gasteiger partial charge in [0.1, 0.15) is 11.5 Å². The molecule has 0 aromatic heterocycles. The summed E-state index contributed by atoms with van der Waals surface area (Å²) >= 11 is 0. The van der Waals surface area contributed by atoms with Crippen LogP contribution in [-0.4, -0.2) is 62.1 Å². The molecule has 30 heavy (non-hydrogen) atoms. The van der Waals surface area contributed by atoms with Gasteiger partial charge >= 0.3 is 0 Å². The summed E-state index contributed by atoms with van der Waals surface area (Å²) in [5, 5.41) is 0. The molecule has 1 saturated heterocycles. The highest BCUT2D eigenvalue weighted by Crippen LogP contribution is 2.36. The fraction of sp³-hybridized carbons (Fsp3) is 0.708. The molecule has 2 atom stereocenters. The second kappa shape index (κ2) is 11.0. The highest BCUT2D eigenvalue weighted by molar-refractivity contribution is 5.79. The van der Waals surface area contributed by atoms with Crippen molar-refractivity contribution < 1.29 is 14.3 Å². The second-order valence-electron chi connectivity index (χ2n) is 8.66. The van der Waals surface area contributed by atoms with Crippen molar-refractivity contribution in [3.8, 4) is 11.5 Å². The number of likely N-dealkylation sites (tertiary alicyclic amines) is 1. The van der Waals surface area contributed by atoms with Crippen molar-refractivity contribution in [3.63, 3.8) is 0 Å². The smallest absolute Gasteiger partial charge is 0.237 e. The molecule has 2 aliphatic carbocycles. The van der Waals surface area contributed by atoms with Crippen molar-refractivity contribution in [2.24, 2.45) is 11.7 Å². The maximum atomic E-state index is 13.3.